The van der Waals surface area contributed by atoms with E-state index in [2.05, 4.69) is 16.8 Å². The number of carbonyl (C=O) groups is 2. The fraction of sp³-hybridized carbons (Fsp3) is 0.733. The zero-order valence-corrected chi connectivity index (χ0v) is 13.0. The van der Waals surface area contributed by atoms with Crippen LogP contribution in [0.25, 0.3) is 0 Å². The summed E-state index contributed by atoms with van der Waals surface area (Å²) < 4.78 is 0. The zero-order chi connectivity index (χ0) is 15.7. The monoisotopic (exact) mass is 296 g/mol. The van der Waals surface area contributed by atoms with Gasteiger partial charge in [0.2, 0.25) is 11.8 Å². The fourth-order valence-electron chi connectivity index (χ4n) is 2.43. The number of amides is 2. The van der Waals surface area contributed by atoms with Crippen LogP contribution in [0.2, 0.25) is 0 Å². The van der Waals surface area contributed by atoms with Gasteiger partial charge in [-0.05, 0) is 19.4 Å². The Labute approximate surface area is 127 Å². The molecule has 1 rings (SSSR count). The van der Waals surface area contributed by atoms with E-state index in [1.54, 1.807) is 6.08 Å². The summed E-state index contributed by atoms with van der Waals surface area (Å²) in [6.07, 6.45) is 3.40. The van der Waals surface area contributed by atoms with Crippen molar-refractivity contribution in [2.24, 2.45) is 11.7 Å². The van der Waals surface area contributed by atoms with E-state index in [1.165, 1.54) is 0 Å². The second-order valence-electron chi connectivity index (χ2n) is 5.53. The van der Waals surface area contributed by atoms with Gasteiger partial charge in [-0.25, -0.2) is 0 Å². The SMILES string of the molecule is C=CCNC(=O)CN1CCN(C(=O)C(C)CCCN)CC1. The highest BCUT2D eigenvalue weighted by atomic mass is 16.2. The van der Waals surface area contributed by atoms with Gasteiger partial charge < -0.3 is 16.0 Å². The van der Waals surface area contributed by atoms with Gasteiger partial charge in [-0.1, -0.05) is 13.0 Å². The van der Waals surface area contributed by atoms with E-state index in [0.717, 1.165) is 25.9 Å². The Morgan fingerprint density at radius 2 is 2.00 bits per heavy atom. The molecule has 1 saturated heterocycles. The Hall–Kier alpha value is -1.40. The molecule has 0 saturated carbocycles. The molecule has 0 aromatic carbocycles. The predicted octanol–water partition coefficient (Wildman–Crippen LogP) is -0.192. The van der Waals surface area contributed by atoms with Crippen LogP contribution >= 0.6 is 0 Å². The molecule has 3 N–H and O–H groups in total. The van der Waals surface area contributed by atoms with Crippen LogP contribution in [0.15, 0.2) is 12.7 Å². The molecule has 0 spiro atoms. The van der Waals surface area contributed by atoms with E-state index in [9.17, 15) is 9.59 Å². The number of hydrogen-bond acceptors (Lipinski definition) is 4. The lowest BCUT2D eigenvalue weighted by atomic mass is 10.0. The number of nitrogens with one attached hydrogen (secondary N) is 1. The molecule has 0 aliphatic carbocycles. The van der Waals surface area contributed by atoms with Crippen LogP contribution in [0.1, 0.15) is 19.8 Å². The first-order chi connectivity index (χ1) is 10.1. The first kappa shape index (κ1) is 17.7. The Kier molecular flexibility index (Phi) is 8.00. The Bertz CT molecular complexity index is 352. The Balaban J connectivity index is 2.29. The molecule has 6 nitrogen and oxygen atoms in total. The quantitative estimate of drug-likeness (QED) is 0.609. The van der Waals surface area contributed by atoms with E-state index in [-0.39, 0.29) is 17.7 Å². The molecular weight excluding hydrogens is 268 g/mol. The molecule has 1 unspecified atom stereocenters. The number of rotatable bonds is 8. The van der Waals surface area contributed by atoms with Crippen molar-refractivity contribution in [2.75, 3.05) is 45.8 Å². The molecule has 0 bridgehead atoms. The lowest BCUT2D eigenvalue weighted by Gasteiger charge is -2.35. The van der Waals surface area contributed by atoms with Crippen LogP contribution < -0.4 is 11.1 Å². The third-order valence-corrected chi connectivity index (χ3v) is 3.76. The summed E-state index contributed by atoms with van der Waals surface area (Å²) in [6.45, 7) is 9.93. The molecule has 120 valence electrons. The minimum atomic E-state index is 0.00555. The second-order valence-corrected chi connectivity index (χ2v) is 5.53. The van der Waals surface area contributed by atoms with Gasteiger partial charge >= 0.3 is 0 Å². The number of nitrogens with two attached hydrogens (primary N) is 1. The first-order valence-corrected chi connectivity index (χ1v) is 7.67. The van der Waals surface area contributed by atoms with E-state index < -0.39 is 0 Å². The smallest absolute Gasteiger partial charge is 0.234 e. The molecule has 1 fully saturated rings. The van der Waals surface area contributed by atoms with Crippen molar-refractivity contribution in [1.29, 1.82) is 0 Å². The van der Waals surface area contributed by atoms with Crippen molar-refractivity contribution in [3.63, 3.8) is 0 Å². The van der Waals surface area contributed by atoms with Gasteiger partial charge in [-0.15, -0.1) is 6.58 Å². The van der Waals surface area contributed by atoms with Gasteiger partial charge in [0.1, 0.15) is 0 Å². The van der Waals surface area contributed by atoms with Gasteiger partial charge in [0.05, 0.1) is 6.54 Å². The topological polar surface area (TPSA) is 78.7 Å². The third-order valence-electron chi connectivity index (χ3n) is 3.76. The number of piperazine rings is 1. The standard InChI is InChI=1S/C15H28N4O2/c1-3-7-17-14(20)12-18-8-10-19(11-9-18)15(21)13(2)5-4-6-16/h3,13H,1,4-12,16H2,2H3,(H,17,20). The normalized spacial score (nSPS) is 17.3. The number of hydrogen-bond donors (Lipinski definition) is 2. The van der Waals surface area contributed by atoms with Crippen LogP contribution in [-0.4, -0.2) is 67.4 Å². The maximum atomic E-state index is 12.3. The average Bonchev–Trinajstić information content (AvgIpc) is 2.50. The highest BCUT2D eigenvalue weighted by Gasteiger charge is 2.25. The lowest BCUT2D eigenvalue weighted by Crippen LogP contribution is -2.52. The molecule has 21 heavy (non-hydrogen) atoms. The zero-order valence-electron chi connectivity index (χ0n) is 13.0. The minimum absolute atomic E-state index is 0.00555. The van der Waals surface area contributed by atoms with Gasteiger partial charge in [-0.2, -0.15) is 0 Å². The fourth-order valence-corrected chi connectivity index (χ4v) is 2.43. The van der Waals surface area contributed by atoms with Crippen LogP contribution in [0.5, 0.6) is 0 Å². The van der Waals surface area contributed by atoms with Crippen LogP contribution in [0.3, 0.4) is 0 Å². The van der Waals surface area contributed by atoms with E-state index in [0.29, 0.717) is 32.7 Å². The van der Waals surface area contributed by atoms with Gasteiger partial charge in [0.25, 0.3) is 0 Å². The number of carbonyl (C=O) groups excluding carboxylic acids is 2. The molecule has 0 aromatic rings. The molecule has 0 aromatic heterocycles. The highest BCUT2D eigenvalue weighted by Crippen LogP contribution is 2.11. The van der Waals surface area contributed by atoms with Crippen molar-refractivity contribution in [3.8, 4) is 0 Å². The summed E-state index contributed by atoms with van der Waals surface area (Å²) in [5, 5.41) is 2.76. The van der Waals surface area contributed by atoms with Gasteiger partial charge in [-0.3, -0.25) is 14.5 Å². The molecule has 1 aliphatic heterocycles. The molecule has 0 radical (unpaired) electrons. The van der Waals surface area contributed by atoms with Gasteiger partial charge in [0.15, 0.2) is 0 Å². The van der Waals surface area contributed by atoms with Crippen molar-refractivity contribution < 1.29 is 9.59 Å². The molecule has 2 amide bonds. The maximum Gasteiger partial charge on any atom is 0.234 e. The van der Waals surface area contributed by atoms with E-state index in [4.69, 9.17) is 5.73 Å². The number of nitrogens with zero attached hydrogens (tertiary/aromatic N) is 2. The summed E-state index contributed by atoms with van der Waals surface area (Å²) >= 11 is 0. The summed E-state index contributed by atoms with van der Waals surface area (Å²) in [5.74, 6) is 0.251. The Morgan fingerprint density at radius 3 is 2.57 bits per heavy atom. The summed E-state index contributed by atoms with van der Waals surface area (Å²) in [6, 6.07) is 0. The van der Waals surface area contributed by atoms with Crippen LogP contribution in [-0.2, 0) is 9.59 Å². The largest absolute Gasteiger partial charge is 0.352 e. The molecule has 1 atom stereocenters. The molecule has 6 heteroatoms. The van der Waals surface area contributed by atoms with Crippen LogP contribution in [0, 0.1) is 5.92 Å². The van der Waals surface area contributed by atoms with Crippen LogP contribution in [0.4, 0.5) is 0 Å². The molecular formula is C15H28N4O2. The van der Waals surface area contributed by atoms with E-state index >= 15 is 0 Å². The molecule has 1 heterocycles. The predicted molar refractivity (Wildman–Crippen MR) is 83.7 cm³/mol. The average molecular weight is 296 g/mol. The third kappa shape index (κ3) is 6.27. The van der Waals surface area contributed by atoms with Gasteiger partial charge in [0, 0.05) is 38.6 Å². The minimum Gasteiger partial charge on any atom is -0.352 e. The van der Waals surface area contributed by atoms with Crippen molar-refractivity contribution in [2.45, 2.75) is 19.8 Å². The van der Waals surface area contributed by atoms with E-state index in [1.807, 2.05) is 11.8 Å². The highest BCUT2D eigenvalue weighted by molar-refractivity contribution is 5.79. The second kappa shape index (κ2) is 9.52. The van der Waals surface area contributed by atoms with Crippen molar-refractivity contribution in [3.05, 3.63) is 12.7 Å². The summed E-state index contributed by atoms with van der Waals surface area (Å²) in [5.41, 5.74) is 5.48. The van der Waals surface area contributed by atoms with Crippen molar-refractivity contribution in [1.82, 2.24) is 15.1 Å². The van der Waals surface area contributed by atoms with Crippen molar-refractivity contribution >= 4 is 11.8 Å². The summed E-state index contributed by atoms with van der Waals surface area (Å²) in [7, 11) is 0. The summed E-state index contributed by atoms with van der Waals surface area (Å²) in [4.78, 5) is 27.8. The lowest BCUT2D eigenvalue weighted by molar-refractivity contribution is -0.137. The first-order valence-electron chi connectivity index (χ1n) is 7.67. The maximum absolute atomic E-state index is 12.3. The molecule has 1 aliphatic rings. The Morgan fingerprint density at radius 1 is 1.33 bits per heavy atom.